The third kappa shape index (κ3) is 4.53. The molecule has 0 radical (unpaired) electrons. The van der Waals surface area contributed by atoms with Crippen LogP contribution in [0.3, 0.4) is 0 Å². The molecule has 3 nitrogen and oxygen atoms in total. The molecule has 0 aliphatic carbocycles. The Morgan fingerprint density at radius 2 is 1.90 bits per heavy atom. The number of esters is 1. The van der Waals surface area contributed by atoms with Gasteiger partial charge in [-0.25, -0.2) is 0 Å². The molecular weight excluding hydrogens is 284 g/mol. The summed E-state index contributed by atoms with van der Waals surface area (Å²) < 4.78 is 9.96. The number of carbonyl (C=O) groups excluding carboxylic acids is 1. The van der Waals surface area contributed by atoms with Crippen LogP contribution in [0.2, 0.25) is 0 Å². The van der Waals surface area contributed by atoms with E-state index in [2.05, 4.69) is 6.07 Å². The van der Waals surface area contributed by atoms with E-state index in [9.17, 15) is 4.79 Å². The van der Waals surface area contributed by atoms with Crippen LogP contribution in [0.1, 0.15) is 11.1 Å². The number of ether oxygens (including phenoxy) is 2. The molecule has 0 spiro atoms. The third-order valence-corrected chi connectivity index (χ3v) is 4.25. The minimum atomic E-state index is -0.218. The summed E-state index contributed by atoms with van der Waals surface area (Å²) in [5, 5.41) is 0. The lowest BCUT2D eigenvalue weighted by Gasteiger charge is -2.09. The minimum Gasteiger partial charge on any atom is -0.497 e. The summed E-state index contributed by atoms with van der Waals surface area (Å²) >= 11 is 1.71. The average Bonchev–Trinajstić information content (AvgIpc) is 2.54. The zero-order valence-electron chi connectivity index (χ0n) is 12.2. The van der Waals surface area contributed by atoms with Crippen LogP contribution in [0.4, 0.5) is 0 Å². The first-order valence-corrected chi connectivity index (χ1v) is 7.62. The second kappa shape index (κ2) is 7.74. The number of hydrogen-bond acceptors (Lipinski definition) is 4. The summed E-state index contributed by atoms with van der Waals surface area (Å²) in [6, 6.07) is 15.9. The van der Waals surface area contributed by atoms with Crippen LogP contribution in [-0.2, 0) is 21.7 Å². The first-order valence-electron chi connectivity index (χ1n) is 6.63. The van der Waals surface area contributed by atoms with Crippen molar-refractivity contribution in [3.8, 4) is 5.75 Å². The normalized spacial score (nSPS) is 10.2. The molecule has 0 aromatic heterocycles. The van der Waals surface area contributed by atoms with Crippen LogP contribution in [0.25, 0.3) is 0 Å². The fourth-order valence-corrected chi connectivity index (χ4v) is 2.94. The van der Waals surface area contributed by atoms with Crippen molar-refractivity contribution in [3.05, 3.63) is 59.7 Å². The molecule has 2 rings (SSSR count). The van der Waals surface area contributed by atoms with Gasteiger partial charge < -0.3 is 9.47 Å². The fourth-order valence-electron chi connectivity index (χ4n) is 1.94. The first kappa shape index (κ1) is 15.4. The lowest BCUT2D eigenvalue weighted by Crippen LogP contribution is -2.05. The number of rotatable bonds is 6. The van der Waals surface area contributed by atoms with E-state index in [-0.39, 0.29) is 5.97 Å². The summed E-state index contributed by atoms with van der Waals surface area (Å²) in [6.07, 6.45) is 0.303. The van der Waals surface area contributed by atoms with E-state index in [0.29, 0.717) is 6.42 Å². The molecule has 0 amide bonds. The number of thioether (sulfide) groups is 1. The minimum absolute atomic E-state index is 0.218. The molecule has 0 fully saturated rings. The van der Waals surface area contributed by atoms with E-state index < -0.39 is 0 Å². The second-order valence-electron chi connectivity index (χ2n) is 4.50. The van der Waals surface area contributed by atoms with Gasteiger partial charge in [-0.3, -0.25) is 4.79 Å². The van der Waals surface area contributed by atoms with Crippen molar-refractivity contribution in [2.75, 3.05) is 14.2 Å². The Morgan fingerprint density at radius 3 is 2.67 bits per heavy atom. The molecule has 0 aliphatic rings. The number of methoxy groups -OCH3 is 2. The Balaban J connectivity index is 2.07. The summed E-state index contributed by atoms with van der Waals surface area (Å²) in [6.45, 7) is 0. The van der Waals surface area contributed by atoms with Crippen LogP contribution in [0.15, 0.2) is 53.4 Å². The third-order valence-electron chi connectivity index (χ3n) is 3.06. The van der Waals surface area contributed by atoms with E-state index in [4.69, 9.17) is 9.47 Å². The lowest BCUT2D eigenvalue weighted by atomic mass is 10.1. The van der Waals surface area contributed by atoms with Gasteiger partial charge in [0.15, 0.2) is 0 Å². The molecule has 0 aliphatic heterocycles. The molecule has 0 N–H and O–H groups in total. The highest BCUT2D eigenvalue weighted by Crippen LogP contribution is 2.27. The van der Waals surface area contributed by atoms with Gasteiger partial charge in [0.2, 0.25) is 0 Å². The molecule has 0 bridgehead atoms. The van der Waals surface area contributed by atoms with E-state index in [0.717, 1.165) is 22.0 Å². The quantitative estimate of drug-likeness (QED) is 0.602. The maximum atomic E-state index is 11.4. The maximum Gasteiger partial charge on any atom is 0.310 e. The van der Waals surface area contributed by atoms with Gasteiger partial charge in [-0.1, -0.05) is 30.3 Å². The van der Waals surface area contributed by atoms with E-state index in [1.165, 1.54) is 12.7 Å². The summed E-state index contributed by atoms with van der Waals surface area (Å²) in [4.78, 5) is 12.5. The molecule has 110 valence electrons. The monoisotopic (exact) mass is 302 g/mol. The van der Waals surface area contributed by atoms with Gasteiger partial charge in [0.1, 0.15) is 5.75 Å². The van der Waals surface area contributed by atoms with Crippen LogP contribution >= 0.6 is 11.8 Å². The van der Waals surface area contributed by atoms with Gasteiger partial charge in [0.25, 0.3) is 0 Å². The largest absolute Gasteiger partial charge is 0.497 e. The number of carbonyl (C=O) groups is 1. The molecule has 21 heavy (non-hydrogen) atoms. The van der Waals surface area contributed by atoms with Crippen molar-refractivity contribution in [2.24, 2.45) is 0 Å². The van der Waals surface area contributed by atoms with Gasteiger partial charge >= 0.3 is 5.97 Å². The van der Waals surface area contributed by atoms with Gasteiger partial charge in [-0.2, -0.15) is 0 Å². The molecule has 0 atom stereocenters. The van der Waals surface area contributed by atoms with Crippen LogP contribution < -0.4 is 4.74 Å². The Bertz CT molecular complexity index is 610. The van der Waals surface area contributed by atoms with Crippen molar-refractivity contribution < 1.29 is 14.3 Å². The Labute approximate surface area is 129 Å². The van der Waals surface area contributed by atoms with Gasteiger partial charge in [0, 0.05) is 10.6 Å². The molecular formula is C17H18O3S. The molecule has 0 heterocycles. The van der Waals surface area contributed by atoms with Gasteiger partial charge in [-0.05, 0) is 29.3 Å². The molecule has 0 unspecified atom stereocenters. The van der Waals surface area contributed by atoms with Crippen molar-refractivity contribution in [1.82, 2.24) is 0 Å². The molecule has 0 saturated carbocycles. The maximum absolute atomic E-state index is 11.4. The van der Waals surface area contributed by atoms with E-state index >= 15 is 0 Å². The second-order valence-corrected chi connectivity index (χ2v) is 5.52. The summed E-state index contributed by atoms with van der Waals surface area (Å²) in [7, 11) is 3.08. The topological polar surface area (TPSA) is 35.5 Å². The van der Waals surface area contributed by atoms with Gasteiger partial charge in [0.05, 0.1) is 20.6 Å². The van der Waals surface area contributed by atoms with E-state index in [1.54, 1.807) is 18.9 Å². The highest BCUT2D eigenvalue weighted by atomic mass is 32.2. The highest BCUT2D eigenvalue weighted by molar-refractivity contribution is 7.98. The van der Waals surface area contributed by atoms with Crippen molar-refractivity contribution in [2.45, 2.75) is 17.1 Å². The van der Waals surface area contributed by atoms with E-state index in [1.807, 2.05) is 42.5 Å². The Kier molecular flexibility index (Phi) is 5.69. The van der Waals surface area contributed by atoms with Crippen LogP contribution in [-0.4, -0.2) is 20.2 Å². The van der Waals surface area contributed by atoms with Crippen LogP contribution in [0.5, 0.6) is 5.75 Å². The fraction of sp³-hybridized carbons (Fsp3) is 0.235. The Morgan fingerprint density at radius 1 is 1.10 bits per heavy atom. The average molecular weight is 302 g/mol. The van der Waals surface area contributed by atoms with Crippen LogP contribution in [0, 0.1) is 0 Å². The number of benzene rings is 2. The highest BCUT2D eigenvalue weighted by Gasteiger charge is 2.08. The van der Waals surface area contributed by atoms with Crippen molar-refractivity contribution in [1.29, 1.82) is 0 Å². The standard InChI is InChI=1S/C17H18O3S/c1-19-15-8-5-6-13(10-15)12-21-16-9-4-3-7-14(16)11-17(18)20-2/h3-10H,11-12H2,1-2H3. The zero-order chi connectivity index (χ0) is 15.1. The molecule has 2 aromatic rings. The lowest BCUT2D eigenvalue weighted by molar-refractivity contribution is -0.139. The van der Waals surface area contributed by atoms with Crippen molar-refractivity contribution >= 4 is 17.7 Å². The molecule has 0 saturated heterocycles. The summed E-state index contributed by atoms with van der Waals surface area (Å²) in [5.41, 5.74) is 2.18. The Hall–Kier alpha value is -1.94. The predicted octanol–water partition coefficient (Wildman–Crippen LogP) is 3.70. The van der Waals surface area contributed by atoms with Crippen molar-refractivity contribution in [3.63, 3.8) is 0 Å². The van der Waals surface area contributed by atoms with Gasteiger partial charge in [-0.15, -0.1) is 11.8 Å². The smallest absolute Gasteiger partial charge is 0.310 e. The predicted molar refractivity (Wildman–Crippen MR) is 84.7 cm³/mol. The summed E-state index contributed by atoms with van der Waals surface area (Å²) in [5.74, 6) is 1.47. The number of hydrogen-bond donors (Lipinski definition) is 0. The SMILES string of the molecule is COC(=O)Cc1ccccc1SCc1cccc(OC)c1. The molecule has 2 aromatic carbocycles. The zero-order valence-corrected chi connectivity index (χ0v) is 13.0. The molecule has 4 heteroatoms. The first-order chi connectivity index (χ1) is 10.2.